The molecule has 0 radical (unpaired) electrons. The zero-order chi connectivity index (χ0) is 18.8. The fourth-order valence-electron chi connectivity index (χ4n) is 3.21. The third-order valence-corrected chi connectivity index (χ3v) is 4.69. The average molecular weight is 360 g/mol. The van der Waals surface area contributed by atoms with Gasteiger partial charge in [0.15, 0.2) is 0 Å². The first-order valence-electron chi connectivity index (χ1n) is 8.81. The van der Waals surface area contributed by atoms with Crippen LogP contribution in [-0.4, -0.2) is 23.7 Å². The molecule has 0 bridgehead atoms. The van der Waals surface area contributed by atoms with E-state index < -0.39 is 0 Å². The van der Waals surface area contributed by atoms with Crippen LogP contribution in [0, 0.1) is 6.92 Å². The van der Waals surface area contributed by atoms with Crippen LogP contribution in [0.3, 0.4) is 0 Å². The quantitative estimate of drug-likeness (QED) is 0.684. The van der Waals surface area contributed by atoms with Crippen molar-refractivity contribution in [3.05, 3.63) is 89.4 Å². The van der Waals surface area contributed by atoms with Gasteiger partial charge in [0.1, 0.15) is 17.6 Å². The molecule has 0 unspecified atom stereocenters. The standard InChI is InChI=1S/C22H20N2O3/c1-15-8-10-16(11-9-15)19-14-20(21-7-4-12-27-21)24(23-19)22(25)17-5-3-6-18(13-17)26-2/h3-13,20H,14H2,1-2H3/t20-/m1/s1. The molecule has 4 rings (SSSR count). The summed E-state index contributed by atoms with van der Waals surface area (Å²) in [6.07, 6.45) is 2.22. The van der Waals surface area contributed by atoms with Crippen LogP contribution in [0.1, 0.15) is 39.7 Å². The van der Waals surface area contributed by atoms with Crippen molar-refractivity contribution in [2.24, 2.45) is 5.10 Å². The van der Waals surface area contributed by atoms with Gasteiger partial charge in [0.05, 0.1) is 19.1 Å². The monoisotopic (exact) mass is 360 g/mol. The topological polar surface area (TPSA) is 55.0 Å². The number of carbonyl (C=O) groups is 1. The number of nitrogens with zero attached hydrogens (tertiary/aromatic N) is 2. The van der Waals surface area contributed by atoms with Gasteiger partial charge in [-0.1, -0.05) is 35.9 Å². The molecule has 136 valence electrons. The lowest BCUT2D eigenvalue weighted by atomic mass is 10.0. The maximum atomic E-state index is 13.2. The van der Waals surface area contributed by atoms with Gasteiger partial charge >= 0.3 is 0 Å². The summed E-state index contributed by atoms with van der Waals surface area (Å²) in [6.45, 7) is 2.05. The number of hydrazone groups is 1. The van der Waals surface area contributed by atoms with Gasteiger partial charge in [0.25, 0.3) is 5.91 Å². The first kappa shape index (κ1) is 17.1. The number of hydrogen-bond donors (Lipinski definition) is 0. The van der Waals surface area contributed by atoms with Crippen LogP contribution in [0.15, 0.2) is 76.4 Å². The summed E-state index contributed by atoms with van der Waals surface area (Å²) in [5.41, 5.74) is 3.59. The van der Waals surface area contributed by atoms with Crippen molar-refractivity contribution in [3.63, 3.8) is 0 Å². The van der Waals surface area contributed by atoms with E-state index in [1.807, 2.05) is 49.4 Å². The first-order chi connectivity index (χ1) is 13.2. The molecule has 1 amide bonds. The molecule has 0 spiro atoms. The highest BCUT2D eigenvalue weighted by molar-refractivity contribution is 6.05. The Balaban J connectivity index is 1.71. The minimum absolute atomic E-state index is 0.183. The second-order valence-corrected chi connectivity index (χ2v) is 6.53. The molecule has 1 aliphatic heterocycles. The molecule has 3 aromatic rings. The normalized spacial score (nSPS) is 16.3. The van der Waals surface area contributed by atoms with Crippen LogP contribution >= 0.6 is 0 Å². The number of amides is 1. The third kappa shape index (κ3) is 3.36. The van der Waals surface area contributed by atoms with Gasteiger partial charge in [-0.15, -0.1) is 0 Å². The van der Waals surface area contributed by atoms with E-state index >= 15 is 0 Å². The highest BCUT2D eigenvalue weighted by atomic mass is 16.5. The number of ether oxygens (including phenoxy) is 1. The molecule has 0 aliphatic carbocycles. The molecule has 0 N–H and O–H groups in total. The predicted octanol–water partition coefficient (Wildman–Crippen LogP) is 4.59. The molecule has 27 heavy (non-hydrogen) atoms. The molecular formula is C22H20N2O3. The molecule has 5 nitrogen and oxygen atoms in total. The Morgan fingerprint density at radius 2 is 1.96 bits per heavy atom. The predicted molar refractivity (Wildman–Crippen MR) is 103 cm³/mol. The largest absolute Gasteiger partial charge is 0.497 e. The van der Waals surface area contributed by atoms with Crippen LogP contribution in [0.5, 0.6) is 5.75 Å². The molecular weight excluding hydrogens is 340 g/mol. The zero-order valence-corrected chi connectivity index (χ0v) is 15.3. The van der Waals surface area contributed by atoms with Crippen LogP contribution in [0.2, 0.25) is 0 Å². The Bertz CT molecular complexity index is 975. The van der Waals surface area contributed by atoms with E-state index in [0.29, 0.717) is 17.7 Å². The summed E-state index contributed by atoms with van der Waals surface area (Å²) in [4.78, 5) is 13.2. The molecule has 0 fully saturated rings. The number of furan rings is 1. The van der Waals surface area contributed by atoms with E-state index in [-0.39, 0.29) is 11.9 Å². The van der Waals surface area contributed by atoms with Gasteiger partial charge in [0, 0.05) is 12.0 Å². The number of benzene rings is 2. The van der Waals surface area contributed by atoms with Crippen molar-refractivity contribution in [2.75, 3.05) is 7.11 Å². The smallest absolute Gasteiger partial charge is 0.274 e. The van der Waals surface area contributed by atoms with Crippen molar-refractivity contribution < 1.29 is 13.9 Å². The summed E-state index contributed by atoms with van der Waals surface area (Å²) in [7, 11) is 1.58. The Labute approximate surface area is 157 Å². The van der Waals surface area contributed by atoms with Gasteiger partial charge in [-0.05, 0) is 42.8 Å². The van der Waals surface area contributed by atoms with Crippen molar-refractivity contribution in [3.8, 4) is 5.75 Å². The Morgan fingerprint density at radius 3 is 2.67 bits per heavy atom. The third-order valence-electron chi connectivity index (χ3n) is 4.69. The summed E-state index contributed by atoms with van der Waals surface area (Å²) >= 11 is 0. The lowest BCUT2D eigenvalue weighted by molar-refractivity contribution is 0.0692. The molecule has 5 heteroatoms. The fraction of sp³-hybridized carbons (Fsp3) is 0.182. The van der Waals surface area contributed by atoms with Crippen LogP contribution in [-0.2, 0) is 0 Å². The Hall–Kier alpha value is -3.34. The highest BCUT2D eigenvalue weighted by Gasteiger charge is 2.35. The van der Waals surface area contributed by atoms with Gasteiger partial charge < -0.3 is 9.15 Å². The molecule has 2 aromatic carbocycles. The summed E-state index contributed by atoms with van der Waals surface area (Å²) < 4.78 is 10.8. The summed E-state index contributed by atoms with van der Waals surface area (Å²) in [6, 6.07) is 18.7. The van der Waals surface area contributed by atoms with Crippen LogP contribution < -0.4 is 4.74 Å². The van der Waals surface area contributed by atoms with Crippen molar-refractivity contribution >= 4 is 11.6 Å². The lowest BCUT2D eigenvalue weighted by Gasteiger charge is -2.20. The molecule has 0 saturated heterocycles. The summed E-state index contributed by atoms with van der Waals surface area (Å²) in [5, 5.41) is 6.17. The molecule has 2 heterocycles. The van der Waals surface area contributed by atoms with E-state index in [1.165, 1.54) is 10.6 Å². The van der Waals surface area contributed by atoms with E-state index in [1.54, 1.807) is 31.6 Å². The van der Waals surface area contributed by atoms with Crippen molar-refractivity contribution in [1.82, 2.24) is 5.01 Å². The van der Waals surface area contributed by atoms with Crippen LogP contribution in [0.4, 0.5) is 0 Å². The Kier molecular flexibility index (Phi) is 4.50. The Morgan fingerprint density at radius 1 is 1.15 bits per heavy atom. The van der Waals surface area contributed by atoms with Crippen molar-refractivity contribution in [2.45, 2.75) is 19.4 Å². The molecule has 1 atom stereocenters. The van der Waals surface area contributed by atoms with E-state index in [2.05, 4.69) is 5.10 Å². The molecule has 0 saturated carbocycles. The second-order valence-electron chi connectivity index (χ2n) is 6.53. The van der Waals surface area contributed by atoms with Gasteiger partial charge in [0.2, 0.25) is 0 Å². The van der Waals surface area contributed by atoms with E-state index in [0.717, 1.165) is 17.0 Å². The number of hydrogen-bond acceptors (Lipinski definition) is 4. The SMILES string of the molecule is COc1cccc(C(=O)N2N=C(c3ccc(C)cc3)C[C@@H]2c2ccco2)c1. The zero-order valence-electron chi connectivity index (χ0n) is 15.3. The maximum Gasteiger partial charge on any atom is 0.274 e. The molecule has 1 aliphatic rings. The summed E-state index contributed by atoms with van der Waals surface area (Å²) in [5.74, 6) is 1.17. The van der Waals surface area contributed by atoms with Gasteiger partial charge in [-0.25, -0.2) is 5.01 Å². The van der Waals surface area contributed by atoms with Crippen molar-refractivity contribution in [1.29, 1.82) is 0 Å². The number of rotatable bonds is 4. The average Bonchev–Trinajstić information content (AvgIpc) is 3.37. The van der Waals surface area contributed by atoms with Gasteiger partial charge in [-0.3, -0.25) is 4.79 Å². The maximum absolute atomic E-state index is 13.2. The van der Waals surface area contributed by atoms with E-state index in [9.17, 15) is 4.79 Å². The van der Waals surface area contributed by atoms with E-state index in [4.69, 9.17) is 9.15 Å². The minimum Gasteiger partial charge on any atom is -0.497 e. The minimum atomic E-state index is -0.269. The number of aryl methyl sites for hydroxylation is 1. The first-order valence-corrected chi connectivity index (χ1v) is 8.81. The fourth-order valence-corrected chi connectivity index (χ4v) is 3.21. The number of methoxy groups -OCH3 is 1. The number of carbonyl (C=O) groups excluding carboxylic acids is 1. The second kappa shape index (κ2) is 7.11. The lowest BCUT2D eigenvalue weighted by Crippen LogP contribution is -2.26. The van der Waals surface area contributed by atoms with Crippen LogP contribution in [0.25, 0.3) is 0 Å². The molecule has 1 aromatic heterocycles. The van der Waals surface area contributed by atoms with Gasteiger partial charge in [-0.2, -0.15) is 5.10 Å². The highest BCUT2D eigenvalue weighted by Crippen LogP contribution is 2.34.